The SMILES string of the molecule is CS(=O)(=O)c1ccc(Cl)cc1-c1csc(CN)n1. The molecule has 0 aliphatic heterocycles. The minimum absolute atomic E-state index is 0.223. The summed E-state index contributed by atoms with van der Waals surface area (Å²) in [6.07, 6.45) is 1.16. The average Bonchev–Trinajstić information content (AvgIpc) is 2.75. The van der Waals surface area contributed by atoms with E-state index in [1.807, 2.05) is 0 Å². The first-order chi connectivity index (χ1) is 8.41. The van der Waals surface area contributed by atoms with Gasteiger partial charge in [-0.15, -0.1) is 11.3 Å². The topological polar surface area (TPSA) is 73.0 Å². The van der Waals surface area contributed by atoms with Gasteiger partial charge in [0.25, 0.3) is 0 Å². The maximum atomic E-state index is 11.7. The Labute approximate surface area is 114 Å². The molecule has 0 fully saturated rings. The standard InChI is InChI=1S/C11H11ClN2O2S2/c1-18(15,16)10-3-2-7(12)4-8(10)9-6-17-11(5-13)14-9/h2-4,6H,5,13H2,1H3. The number of hydrogen-bond acceptors (Lipinski definition) is 5. The highest BCUT2D eigenvalue weighted by molar-refractivity contribution is 7.90. The molecule has 2 N–H and O–H groups in total. The fourth-order valence-corrected chi connectivity index (χ4v) is 3.28. The molecule has 2 aromatic rings. The molecule has 0 saturated carbocycles. The summed E-state index contributed by atoms with van der Waals surface area (Å²) in [4.78, 5) is 4.51. The van der Waals surface area contributed by atoms with Gasteiger partial charge in [-0.3, -0.25) is 0 Å². The van der Waals surface area contributed by atoms with Crippen molar-refractivity contribution < 1.29 is 8.42 Å². The van der Waals surface area contributed by atoms with Crippen molar-refractivity contribution in [2.24, 2.45) is 5.73 Å². The number of aromatic nitrogens is 1. The fourth-order valence-electron chi connectivity index (χ4n) is 1.55. The Morgan fingerprint density at radius 1 is 1.44 bits per heavy atom. The molecular weight excluding hydrogens is 292 g/mol. The van der Waals surface area contributed by atoms with Crippen LogP contribution >= 0.6 is 22.9 Å². The summed E-state index contributed by atoms with van der Waals surface area (Å²) < 4.78 is 23.4. The van der Waals surface area contributed by atoms with Crippen molar-refractivity contribution in [2.45, 2.75) is 11.4 Å². The van der Waals surface area contributed by atoms with Gasteiger partial charge in [-0.1, -0.05) is 11.6 Å². The monoisotopic (exact) mass is 302 g/mol. The van der Waals surface area contributed by atoms with Gasteiger partial charge >= 0.3 is 0 Å². The average molecular weight is 303 g/mol. The predicted molar refractivity (Wildman–Crippen MR) is 73.6 cm³/mol. The molecule has 0 amide bonds. The second-order valence-electron chi connectivity index (χ2n) is 3.74. The van der Waals surface area contributed by atoms with Gasteiger partial charge < -0.3 is 5.73 Å². The second-order valence-corrected chi connectivity index (χ2v) is 7.11. The maximum absolute atomic E-state index is 11.7. The van der Waals surface area contributed by atoms with Crippen LogP contribution in [0.25, 0.3) is 11.3 Å². The van der Waals surface area contributed by atoms with Gasteiger partial charge in [-0.25, -0.2) is 13.4 Å². The lowest BCUT2D eigenvalue weighted by atomic mass is 10.2. The van der Waals surface area contributed by atoms with Crippen LogP contribution < -0.4 is 5.73 Å². The number of benzene rings is 1. The van der Waals surface area contributed by atoms with E-state index >= 15 is 0 Å². The highest BCUT2D eigenvalue weighted by atomic mass is 35.5. The van der Waals surface area contributed by atoms with Crippen LogP contribution in [-0.2, 0) is 16.4 Å². The quantitative estimate of drug-likeness (QED) is 0.944. The van der Waals surface area contributed by atoms with Crippen LogP contribution in [0.15, 0.2) is 28.5 Å². The minimum atomic E-state index is -3.32. The molecule has 96 valence electrons. The summed E-state index contributed by atoms with van der Waals surface area (Å²) in [5.74, 6) is 0. The smallest absolute Gasteiger partial charge is 0.176 e. The molecular formula is C11H11ClN2O2S2. The van der Waals surface area contributed by atoms with Crippen molar-refractivity contribution in [1.29, 1.82) is 0 Å². The van der Waals surface area contributed by atoms with E-state index in [0.29, 0.717) is 22.8 Å². The fraction of sp³-hybridized carbons (Fsp3) is 0.182. The zero-order valence-corrected chi connectivity index (χ0v) is 11.9. The molecule has 4 nitrogen and oxygen atoms in total. The van der Waals surface area contributed by atoms with Gasteiger partial charge in [-0.2, -0.15) is 0 Å². The van der Waals surface area contributed by atoms with Crippen LogP contribution in [0.4, 0.5) is 0 Å². The molecule has 0 aliphatic rings. The van der Waals surface area contributed by atoms with Crippen molar-refractivity contribution in [3.8, 4) is 11.3 Å². The van der Waals surface area contributed by atoms with Gasteiger partial charge in [0.15, 0.2) is 9.84 Å². The maximum Gasteiger partial charge on any atom is 0.176 e. The summed E-state index contributed by atoms with van der Waals surface area (Å²) in [5.41, 5.74) is 6.60. The molecule has 2 rings (SSSR count). The Bertz CT molecular complexity index is 680. The molecule has 0 spiro atoms. The third kappa shape index (κ3) is 2.72. The Balaban J connectivity index is 2.65. The lowest BCUT2D eigenvalue weighted by Crippen LogP contribution is -2.00. The van der Waals surface area contributed by atoms with E-state index < -0.39 is 9.84 Å². The third-order valence-electron chi connectivity index (χ3n) is 2.34. The summed E-state index contributed by atoms with van der Waals surface area (Å²) in [7, 11) is -3.32. The number of thiazole rings is 1. The highest BCUT2D eigenvalue weighted by Crippen LogP contribution is 2.30. The van der Waals surface area contributed by atoms with Crippen molar-refractivity contribution in [2.75, 3.05) is 6.26 Å². The molecule has 0 unspecified atom stereocenters. The second kappa shape index (κ2) is 4.97. The van der Waals surface area contributed by atoms with Crippen LogP contribution in [0, 0.1) is 0 Å². The third-order valence-corrected chi connectivity index (χ3v) is 4.60. The van der Waals surface area contributed by atoms with E-state index in [0.717, 1.165) is 11.3 Å². The summed E-state index contributed by atoms with van der Waals surface area (Å²) in [6, 6.07) is 4.65. The lowest BCUT2D eigenvalue weighted by molar-refractivity contribution is 0.602. The highest BCUT2D eigenvalue weighted by Gasteiger charge is 2.17. The van der Waals surface area contributed by atoms with Crippen molar-refractivity contribution in [1.82, 2.24) is 4.98 Å². The summed E-state index contributed by atoms with van der Waals surface area (Å²) in [6.45, 7) is 0.333. The van der Waals surface area contributed by atoms with E-state index in [2.05, 4.69) is 4.98 Å². The molecule has 0 aliphatic carbocycles. The van der Waals surface area contributed by atoms with Crippen LogP contribution in [0.3, 0.4) is 0 Å². The zero-order chi connectivity index (χ0) is 13.3. The first-order valence-electron chi connectivity index (χ1n) is 5.06. The molecule has 0 saturated heterocycles. The van der Waals surface area contributed by atoms with E-state index in [9.17, 15) is 8.42 Å². The number of hydrogen-bond donors (Lipinski definition) is 1. The predicted octanol–water partition coefficient (Wildman–Crippen LogP) is 2.33. The normalized spacial score (nSPS) is 11.7. The number of nitrogens with zero attached hydrogens (tertiary/aromatic N) is 1. The van der Waals surface area contributed by atoms with E-state index in [1.165, 1.54) is 17.4 Å². The van der Waals surface area contributed by atoms with Crippen LogP contribution in [0.2, 0.25) is 5.02 Å². The molecule has 0 bridgehead atoms. The molecule has 1 heterocycles. The largest absolute Gasteiger partial charge is 0.325 e. The van der Waals surface area contributed by atoms with E-state index in [-0.39, 0.29) is 4.90 Å². The van der Waals surface area contributed by atoms with Gasteiger partial charge in [0, 0.05) is 28.8 Å². The Morgan fingerprint density at radius 3 is 2.72 bits per heavy atom. The molecule has 1 aromatic heterocycles. The number of sulfone groups is 1. The zero-order valence-electron chi connectivity index (χ0n) is 9.55. The van der Waals surface area contributed by atoms with E-state index in [4.69, 9.17) is 17.3 Å². The summed E-state index contributed by atoms with van der Waals surface area (Å²) >= 11 is 7.31. The van der Waals surface area contributed by atoms with Crippen molar-refractivity contribution in [3.63, 3.8) is 0 Å². The molecule has 0 atom stereocenters. The number of nitrogens with two attached hydrogens (primary N) is 1. The Morgan fingerprint density at radius 2 is 2.17 bits per heavy atom. The summed E-state index contributed by atoms with van der Waals surface area (Å²) in [5, 5.41) is 3.01. The minimum Gasteiger partial charge on any atom is -0.325 e. The van der Waals surface area contributed by atoms with Crippen LogP contribution in [0.5, 0.6) is 0 Å². The van der Waals surface area contributed by atoms with Crippen LogP contribution in [0.1, 0.15) is 5.01 Å². The van der Waals surface area contributed by atoms with Crippen molar-refractivity contribution >= 4 is 32.8 Å². The number of halogens is 1. The Hall–Kier alpha value is -0.950. The van der Waals surface area contributed by atoms with Gasteiger partial charge in [0.2, 0.25) is 0 Å². The Kier molecular flexibility index (Phi) is 3.72. The van der Waals surface area contributed by atoms with Crippen molar-refractivity contribution in [3.05, 3.63) is 33.6 Å². The molecule has 0 radical (unpaired) electrons. The first kappa shape index (κ1) is 13.5. The molecule has 1 aromatic carbocycles. The van der Waals surface area contributed by atoms with Gasteiger partial charge in [0.05, 0.1) is 10.6 Å². The van der Waals surface area contributed by atoms with Gasteiger partial charge in [0.1, 0.15) is 5.01 Å². The molecule has 18 heavy (non-hydrogen) atoms. The number of rotatable bonds is 3. The van der Waals surface area contributed by atoms with Gasteiger partial charge in [-0.05, 0) is 18.2 Å². The van der Waals surface area contributed by atoms with E-state index in [1.54, 1.807) is 17.5 Å². The lowest BCUT2D eigenvalue weighted by Gasteiger charge is -2.06. The van der Waals surface area contributed by atoms with Crippen LogP contribution in [-0.4, -0.2) is 19.7 Å². The first-order valence-corrected chi connectivity index (χ1v) is 8.21. The molecule has 7 heteroatoms.